The molecule has 4 rings (SSSR count). The first kappa shape index (κ1) is 17.6. The van der Waals surface area contributed by atoms with Gasteiger partial charge in [0.25, 0.3) is 5.69 Å². The Labute approximate surface area is 157 Å². The van der Waals surface area contributed by atoms with Crippen LogP contribution in [0.15, 0.2) is 46.8 Å². The molecular weight excluding hydrogens is 344 g/mol. The number of hydrogen-bond donors (Lipinski definition) is 1. The quantitative estimate of drug-likeness (QED) is 0.633. The van der Waals surface area contributed by atoms with Gasteiger partial charge in [0.05, 0.1) is 4.92 Å². The molecule has 0 radical (unpaired) electrons. The molecule has 6 heteroatoms. The molecule has 1 heterocycles. The second-order valence-corrected chi connectivity index (χ2v) is 8.41. The Bertz CT molecular complexity index is 922. The molecule has 1 atom stereocenters. The topological polar surface area (TPSA) is 89.3 Å². The number of nitrogens with one attached hydrogen (secondary N) is 1. The van der Waals surface area contributed by atoms with Gasteiger partial charge in [-0.3, -0.25) is 19.7 Å². The van der Waals surface area contributed by atoms with Crippen LogP contribution in [-0.2, 0) is 9.59 Å². The van der Waals surface area contributed by atoms with Crippen molar-refractivity contribution in [2.24, 2.45) is 5.41 Å². The van der Waals surface area contributed by atoms with E-state index in [2.05, 4.69) is 19.2 Å². The number of non-ortho nitro benzene ring substituents is 1. The standard InChI is InChI=1S/C21H22N2O4/c1-21(2)10-15-20(17(25)11-21)18(12-6-8-13(9-7-12)23(26)27)19-14(22-15)4-3-5-16(19)24/h6-9,18,22H,3-5,10-11H2,1-2H3. The smallest absolute Gasteiger partial charge is 0.269 e. The highest BCUT2D eigenvalue weighted by Gasteiger charge is 2.43. The molecular formula is C21H22N2O4. The summed E-state index contributed by atoms with van der Waals surface area (Å²) in [7, 11) is 0. The lowest BCUT2D eigenvalue weighted by Crippen LogP contribution is -2.39. The van der Waals surface area contributed by atoms with Gasteiger partial charge in [0, 0.05) is 53.4 Å². The summed E-state index contributed by atoms with van der Waals surface area (Å²) in [5.41, 5.74) is 3.80. The van der Waals surface area contributed by atoms with Gasteiger partial charge in [-0.1, -0.05) is 26.0 Å². The third-order valence-corrected chi connectivity index (χ3v) is 5.69. The molecule has 0 saturated carbocycles. The molecule has 0 spiro atoms. The predicted molar refractivity (Wildman–Crippen MR) is 99.9 cm³/mol. The summed E-state index contributed by atoms with van der Waals surface area (Å²) in [5, 5.41) is 14.4. The fourth-order valence-electron chi connectivity index (χ4n) is 4.56. The third-order valence-electron chi connectivity index (χ3n) is 5.69. The lowest BCUT2D eigenvalue weighted by atomic mass is 9.67. The molecule has 3 aliphatic rings. The van der Waals surface area contributed by atoms with Gasteiger partial charge >= 0.3 is 0 Å². The molecule has 1 aliphatic heterocycles. The fraction of sp³-hybridized carbons (Fsp3) is 0.429. The zero-order valence-electron chi connectivity index (χ0n) is 15.5. The second-order valence-electron chi connectivity index (χ2n) is 8.41. The molecule has 0 aromatic heterocycles. The Morgan fingerprint density at radius 1 is 1.00 bits per heavy atom. The van der Waals surface area contributed by atoms with Crippen molar-refractivity contribution in [1.82, 2.24) is 5.32 Å². The van der Waals surface area contributed by atoms with Crippen LogP contribution in [0.4, 0.5) is 5.69 Å². The maximum Gasteiger partial charge on any atom is 0.269 e. The summed E-state index contributed by atoms with van der Waals surface area (Å²) in [6, 6.07) is 6.25. The van der Waals surface area contributed by atoms with Gasteiger partial charge in [-0.25, -0.2) is 0 Å². The minimum absolute atomic E-state index is 0.00200. The van der Waals surface area contributed by atoms with Crippen molar-refractivity contribution in [3.8, 4) is 0 Å². The van der Waals surface area contributed by atoms with E-state index in [-0.39, 0.29) is 22.7 Å². The molecule has 6 nitrogen and oxygen atoms in total. The van der Waals surface area contributed by atoms with Gasteiger partial charge < -0.3 is 5.32 Å². The van der Waals surface area contributed by atoms with Crippen LogP contribution in [0.2, 0.25) is 0 Å². The predicted octanol–water partition coefficient (Wildman–Crippen LogP) is 3.93. The van der Waals surface area contributed by atoms with Gasteiger partial charge in [0.2, 0.25) is 0 Å². The first-order chi connectivity index (χ1) is 12.8. The zero-order valence-corrected chi connectivity index (χ0v) is 15.5. The van der Waals surface area contributed by atoms with Crippen molar-refractivity contribution in [2.75, 3.05) is 0 Å². The van der Waals surface area contributed by atoms with E-state index in [4.69, 9.17) is 0 Å². The van der Waals surface area contributed by atoms with E-state index in [1.54, 1.807) is 12.1 Å². The van der Waals surface area contributed by atoms with Gasteiger partial charge in [-0.2, -0.15) is 0 Å². The number of nitro benzene ring substituents is 1. The number of rotatable bonds is 2. The molecule has 1 unspecified atom stereocenters. The minimum atomic E-state index is -0.443. The molecule has 1 aromatic carbocycles. The lowest BCUT2D eigenvalue weighted by Gasteiger charge is -2.41. The molecule has 27 heavy (non-hydrogen) atoms. The monoisotopic (exact) mass is 366 g/mol. The summed E-state index contributed by atoms with van der Waals surface area (Å²) in [5.74, 6) is -0.299. The number of nitrogens with zero attached hydrogens (tertiary/aromatic N) is 1. The average Bonchev–Trinajstić information content (AvgIpc) is 2.59. The number of dihydropyridines is 1. The molecule has 140 valence electrons. The number of ketones is 2. The summed E-state index contributed by atoms with van der Waals surface area (Å²) < 4.78 is 0. The summed E-state index contributed by atoms with van der Waals surface area (Å²) in [6.45, 7) is 4.15. The first-order valence-corrected chi connectivity index (χ1v) is 9.31. The Morgan fingerprint density at radius 3 is 2.33 bits per heavy atom. The van der Waals surface area contributed by atoms with Crippen LogP contribution in [0.3, 0.4) is 0 Å². The Kier molecular flexibility index (Phi) is 4.02. The van der Waals surface area contributed by atoms with Crippen molar-refractivity contribution in [3.05, 3.63) is 62.5 Å². The average molecular weight is 366 g/mol. The highest BCUT2D eigenvalue weighted by molar-refractivity contribution is 6.06. The van der Waals surface area contributed by atoms with Crippen LogP contribution >= 0.6 is 0 Å². The summed E-state index contributed by atoms with van der Waals surface area (Å²) in [4.78, 5) is 36.3. The van der Waals surface area contributed by atoms with E-state index in [0.717, 1.165) is 36.2 Å². The summed E-state index contributed by atoms with van der Waals surface area (Å²) >= 11 is 0. The van der Waals surface area contributed by atoms with E-state index in [0.29, 0.717) is 24.0 Å². The van der Waals surface area contributed by atoms with Crippen LogP contribution < -0.4 is 5.32 Å². The number of nitro groups is 1. The maximum atomic E-state index is 13.0. The highest BCUT2D eigenvalue weighted by Crippen LogP contribution is 2.48. The third kappa shape index (κ3) is 2.99. The van der Waals surface area contributed by atoms with E-state index in [9.17, 15) is 19.7 Å². The van der Waals surface area contributed by atoms with Crippen LogP contribution in [0.25, 0.3) is 0 Å². The molecule has 0 bridgehead atoms. The highest BCUT2D eigenvalue weighted by atomic mass is 16.6. The van der Waals surface area contributed by atoms with Crippen molar-refractivity contribution < 1.29 is 14.5 Å². The number of benzene rings is 1. The lowest BCUT2D eigenvalue weighted by molar-refractivity contribution is -0.384. The van der Waals surface area contributed by atoms with Crippen molar-refractivity contribution in [2.45, 2.75) is 51.9 Å². The van der Waals surface area contributed by atoms with E-state index < -0.39 is 10.8 Å². The Morgan fingerprint density at radius 2 is 1.67 bits per heavy atom. The molecule has 1 aromatic rings. The van der Waals surface area contributed by atoms with Crippen LogP contribution in [0, 0.1) is 15.5 Å². The van der Waals surface area contributed by atoms with Crippen molar-refractivity contribution >= 4 is 17.3 Å². The second kappa shape index (κ2) is 6.15. The van der Waals surface area contributed by atoms with E-state index in [1.165, 1.54) is 12.1 Å². The van der Waals surface area contributed by atoms with Gasteiger partial charge in [-0.15, -0.1) is 0 Å². The van der Waals surface area contributed by atoms with Crippen molar-refractivity contribution in [1.29, 1.82) is 0 Å². The Balaban J connectivity index is 1.87. The number of Topliss-reactive ketones (excluding diaryl/α,β-unsaturated/α-hetero) is 2. The van der Waals surface area contributed by atoms with Crippen LogP contribution in [0.5, 0.6) is 0 Å². The molecule has 1 N–H and O–H groups in total. The Hall–Kier alpha value is -2.76. The first-order valence-electron chi connectivity index (χ1n) is 9.31. The van der Waals surface area contributed by atoms with Gasteiger partial charge in [0.15, 0.2) is 11.6 Å². The minimum Gasteiger partial charge on any atom is -0.362 e. The van der Waals surface area contributed by atoms with Gasteiger partial charge in [-0.05, 0) is 30.2 Å². The van der Waals surface area contributed by atoms with Gasteiger partial charge in [0.1, 0.15) is 0 Å². The molecule has 0 fully saturated rings. The fourth-order valence-corrected chi connectivity index (χ4v) is 4.56. The van der Waals surface area contributed by atoms with E-state index >= 15 is 0 Å². The van der Waals surface area contributed by atoms with Crippen LogP contribution in [0.1, 0.15) is 57.4 Å². The van der Waals surface area contributed by atoms with Crippen molar-refractivity contribution in [3.63, 3.8) is 0 Å². The zero-order chi connectivity index (χ0) is 19.3. The molecule has 0 saturated heterocycles. The SMILES string of the molecule is CC1(C)CC(=O)C2=C(C1)NC1=C(C(=O)CCC1)C2c1ccc([N+](=O)[O-])cc1. The largest absolute Gasteiger partial charge is 0.362 e. The number of carbonyl (C=O) groups is 2. The number of hydrogen-bond acceptors (Lipinski definition) is 5. The molecule has 0 amide bonds. The number of allylic oxidation sites excluding steroid dienone is 4. The normalized spacial score (nSPS) is 24.3. The number of carbonyl (C=O) groups excluding carboxylic acids is 2. The summed E-state index contributed by atoms with van der Waals surface area (Å²) in [6.07, 6.45) is 3.26. The maximum absolute atomic E-state index is 13.0. The van der Waals surface area contributed by atoms with Crippen LogP contribution in [-0.4, -0.2) is 16.5 Å². The molecule has 2 aliphatic carbocycles. The van der Waals surface area contributed by atoms with E-state index in [1.807, 2.05) is 0 Å².